The summed E-state index contributed by atoms with van der Waals surface area (Å²) in [5.74, 6) is 0.971. The average molecular weight is 583 g/mol. The number of sulfonamides is 1. The predicted octanol–water partition coefficient (Wildman–Crippen LogP) is 2.76. The molecule has 0 radical (unpaired) electrons. The first-order valence-electron chi connectivity index (χ1n) is 14.5. The molecule has 1 aromatic carbocycles. The second-order valence-corrected chi connectivity index (χ2v) is 13.1. The molecule has 4 aliphatic heterocycles. The van der Waals surface area contributed by atoms with Crippen LogP contribution in [0.5, 0.6) is 0 Å². The maximum absolute atomic E-state index is 12.4. The Morgan fingerprint density at radius 1 is 1.00 bits per heavy atom. The van der Waals surface area contributed by atoms with E-state index < -0.39 is 16.6 Å². The standard InChI is InChI=1S/C28H38N8O4S/c1-20-16-24-25-19-36(33-31-25)26-7-6-22(32-41(38,39)15-13-37)17-27(26)34-11-8-23(9-12-34)40-14-3-5-21-4-2-10-35(18-21)28(29-20)30-24/h6-7,16-17,19,21,23,32,37H,2-5,8-15,18H2,1H3. The summed E-state index contributed by atoms with van der Waals surface area (Å²) >= 11 is 0. The van der Waals surface area contributed by atoms with E-state index in [0.717, 1.165) is 93.6 Å². The number of aliphatic hydroxyl groups excluding tert-OH is 1. The van der Waals surface area contributed by atoms with Crippen LogP contribution >= 0.6 is 0 Å². The third-order valence-corrected chi connectivity index (χ3v) is 9.42. The number of benzene rings is 1. The smallest absolute Gasteiger partial charge is 0.234 e. The fourth-order valence-corrected chi connectivity index (χ4v) is 6.91. The van der Waals surface area contributed by atoms with Crippen LogP contribution in [0.25, 0.3) is 17.1 Å². The number of aromatic nitrogens is 5. The SMILES string of the molecule is Cc1cc2nc(n1)N1CCCC(CCCOC3CCN(CC3)c3cc(NS(=O)(=O)CCO)ccc3-n3cc-2nn3)C1. The van der Waals surface area contributed by atoms with Crippen molar-refractivity contribution < 1.29 is 18.3 Å². The number of hydrogen-bond acceptors (Lipinski definition) is 10. The van der Waals surface area contributed by atoms with Crippen molar-refractivity contribution >= 4 is 27.3 Å². The van der Waals surface area contributed by atoms with Crippen LogP contribution in [0.1, 0.15) is 44.2 Å². The minimum atomic E-state index is -3.67. The summed E-state index contributed by atoms with van der Waals surface area (Å²) in [7, 11) is -3.67. The lowest BCUT2D eigenvalue weighted by Crippen LogP contribution is -2.38. The molecule has 220 valence electrons. The quantitative estimate of drug-likeness (QED) is 0.472. The van der Waals surface area contributed by atoms with Crippen LogP contribution in [-0.2, 0) is 14.8 Å². The molecule has 1 atom stereocenters. The number of nitrogens with one attached hydrogen (secondary N) is 1. The fourth-order valence-electron chi connectivity index (χ4n) is 6.08. The van der Waals surface area contributed by atoms with Gasteiger partial charge in [-0.3, -0.25) is 4.72 Å². The maximum Gasteiger partial charge on any atom is 0.234 e. The second-order valence-electron chi connectivity index (χ2n) is 11.2. The molecule has 2 fully saturated rings. The van der Waals surface area contributed by atoms with Gasteiger partial charge in [0.1, 0.15) is 5.69 Å². The van der Waals surface area contributed by atoms with Crippen LogP contribution in [0.2, 0.25) is 0 Å². The van der Waals surface area contributed by atoms with Gasteiger partial charge in [0, 0.05) is 38.5 Å². The summed E-state index contributed by atoms with van der Waals surface area (Å²) in [6.45, 7) is 5.74. The number of aliphatic hydroxyl groups is 1. The Bertz CT molecular complexity index is 1470. The van der Waals surface area contributed by atoms with Gasteiger partial charge in [0.2, 0.25) is 16.0 Å². The van der Waals surface area contributed by atoms with E-state index in [1.165, 1.54) is 6.42 Å². The van der Waals surface area contributed by atoms with E-state index in [0.29, 0.717) is 17.3 Å². The molecule has 0 aliphatic carbocycles. The van der Waals surface area contributed by atoms with E-state index in [-0.39, 0.29) is 11.9 Å². The molecule has 2 saturated heterocycles. The van der Waals surface area contributed by atoms with Gasteiger partial charge < -0.3 is 19.6 Å². The molecule has 7 rings (SSSR count). The summed E-state index contributed by atoms with van der Waals surface area (Å²) in [4.78, 5) is 14.2. The van der Waals surface area contributed by atoms with Gasteiger partial charge >= 0.3 is 0 Å². The van der Waals surface area contributed by atoms with Crippen molar-refractivity contribution in [1.29, 1.82) is 0 Å². The summed E-state index contributed by atoms with van der Waals surface area (Å²) in [5, 5.41) is 18.1. The summed E-state index contributed by atoms with van der Waals surface area (Å²) < 4.78 is 35.4. The molecule has 4 aliphatic rings. The van der Waals surface area contributed by atoms with Gasteiger partial charge in [-0.1, -0.05) is 5.21 Å². The molecule has 0 amide bonds. The highest BCUT2D eigenvalue weighted by atomic mass is 32.2. The number of hydrogen-bond donors (Lipinski definition) is 2. The zero-order valence-electron chi connectivity index (χ0n) is 23.4. The van der Waals surface area contributed by atoms with Crippen molar-refractivity contribution in [2.45, 2.75) is 51.6 Å². The number of rotatable bonds is 4. The minimum Gasteiger partial charge on any atom is -0.395 e. The Morgan fingerprint density at radius 3 is 2.66 bits per heavy atom. The van der Waals surface area contributed by atoms with Gasteiger partial charge in [-0.25, -0.2) is 23.1 Å². The van der Waals surface area contributed by atoms with E-state index >= 15 is 0 Å². The van der Waals surface area contributed by atoms with Crippen LogP contribution < -0.4 is 14.5 Å². The monoisotopic (exact) mass is 582 g/mol. The molecular formula is C28H38N8O4S. The highest BCUT2D eigenvalue weighted by molar-refractivity contribution is 7.92. The Hall–Kier alpha value is -3.29. The van der Waals surface area contributed by atoms with Crippen molar-refractivity contribution in [3.8, 4) is 17.1 Å². The van der Waals surface area contributed by atoms with E-state index in [1.54, 1.807) is 10.7 Å². The number of ether oxygens (including phenoxy) is 1. The molecule has 1 unspecified atom stereocenters. The van der Waals surface area contributed by atoms with Gasteiger partial charge in [0.25, 0.3) is 0 Å². The van der Waals surface area contributed by atoms with E-state index in [1.807, 2.05) is 31.3 Å². The highest BCUT2D eigenvalue weighted by Gasteiger charge is 2.26. The number of piperidine rings is 2. The molecule has 0 spiro atoms. The first kappa shape index (κ1) is 27.9. The Kier molecular flexibility index (Phi) is 8.09. The van der Waals surface area contributed by atoms with Crippen LogP contribution in [0.3, 0.4) is 0 Å². The summed E-state index contributed by atoms with van der Waals surface area (Å²) in [5.41, 5.74) is 4.32. The third kappa shape index (κ3) is 6.47. The molecule has 41 heavy (non-hydrogen) atoms. The van der Waals surface area contributed by atoms with E-state index in [4.69, 9.17) is 19.8 Å². The molecule has 12 nitrogen and oxygen atoms in total. The largest absolute Gasteiger partial charge is 0.395 e. The predicted molar refractivity (Wildman–Crippen MR) is 157 cm³/mol. The first-order chi connectivity index (χ1) is 19.9. The van der Waals surface area contributed by atoms with Crippen LogP contribution in [0, 0.1) is 12.8 Å². The van der Waals surface area contributed by atoms with Crippen LogP contribution in [-0.4, -0.2) is 89.7 Å². The Labute approximate surface area is 240 Å². The zero-order chi connectivity index (χ0) is 28.4. The fraction of sp³-hybridized carbons (Fsp3) is 0.571. The second kappa shape index (κ2) is 11.9. The van der Waals surface area contributed by atoms with Crippen molar-refractivity contribution in [1.82, 2.24) is 25.0 Å². The van der Waals surface area contributed by atoms with Gasteiger partial charge in [-0.15, -0.1) is 5.10 Å². The van der Waals surface area contributed by atoms with E-state index in [2.05, 4.69) is 24.8 Å². The van der Waals surface area contributed by atoms with Crippen molar-refractivity contribution in [2.24, 2.45) is 5.92 Å². The first-order valence-corrected chi connectivity index (χ1v) is 16.2. The molecule has 6 heterocycles. The topological polar surface area (TPSA) is 139 Å². The Morgan fingerprint density at radius 2 is 1.83 bits per heavy atom. The van der Waals surface area contributed by atoms with Crippen molar-refractivity contribution in [3.63, 3.8) is 0 Å². The lowest BCUT2D eigenvalue weighted by atomic mass is 9.93. The van der Waals surface area contributed by atoms with Gasteiger partial charge in [0.05, 0.1) is 47.4 Å². The number of aryl methyl sites for hydroxylation is 1. The third-order valence-electron chi connectivity index (χ3n) is 8.15. The minimum absolute atomic E-state index is 0.210. The van der Waals surface area contributed by atoms with Crippen LogP contribution in [0.4, 0.5) is 17.3 Å². The molecule has 2 aromatic heterocycles. The van der Waals surface area contributed by atoms with E-state index in [9.17, 15) is 8.42 Å². The van der Waals surface area contributed by atoms with Gasteiger partial charge in [-0.2, -0.15) is 0 Å². The lowest BCUT2D eigenvalue weighted by molar-refractivity contribution is 0.0330. The number of fused-ring (bicyclic) bond motifs is 5. The average Bonchev–Trinajstić information content (AvgIpc) is 3.45. The number of nitrogens with zero attached hydrogens (tertiary/aromatic N) is 7. The molecule has 3 aromatic rings. The Balaban J connectivity index is 1.38. The van der Waals surface area contributed by atoms with Crippen molar-refractivity contribution in [2.75, 3.05) is 59.7 Å². The molecule has 13 heteroatoms. The van der Waals surface area contributed by atoms with Crippen molar-refractivity contribution in [3.05, 3.63) is 36.2 Å². The molecule has 8 bridgehead atoms. The zero-order valence-corrected chi connectivity index (χ0v) is 24.3. The van der Waals surface area contributed by atoms with Gasteiger partial charge in [0.15, 0.2) is 0 Å². The number of anilines is 3. The molecule has 0 saturated carbocycles. The van der Waals surface area contributed by atoms with Gasteiger partial charge in [-0.05, 0) is 75.6 Å². The van der Waals surface area contributed by atoms with Crippen LogP contribution in [0.15, 0.2) is 30.5 Å². The molecular weight excluding hydrogens is 544 g/mol. The highest BCUT2D eigenvalue weighted by Crippen LogP contribution is 2.33. The summed E-state index contributed by atoms with van der Waals surface area (Å²) in [6, 6.07) is 7.32. The molecule has 2 N–H and O–H groups in total. The normalized spacial score (nSPS) is 21.5. The maximum atomic E-state index is 12.4. The summed E-state index contributed by atoms with van der Waals surface area (Å²) in [6.07, 6.45) is 8.37. The lowest BCUT2D eigenvalue weighted by Gasteiger charge is -2.35.